The van der Waals surface area contributed by atoms with Gasteiger partial charge in [0.1, 0.15) is 5.75 Å². The summed E-state index contributed by atoms with van der Waals surface area (Å²) in [5, 5.41) is 23.3. The van der Waals surface area contributed by atoms with Crippen LogP contribution < -0.4 is 5.32 Å². The molecule has 0 aliphatic carbocycles. The van der Waals surface area contributed by atoms with E-state index in [2.05, 4.69) is 10.3 Å². The monoisotopic (exact) mass is 401 g/mol. The minimum absolute atomic E-state index is 0.0116. The van der Waals surface area contributed by atoms with E-state index in [0.29, 0.717) is 26.4 Å². The fraction of sp³-hybridized carbons (Fsp3) is 0. The number of carbonyl (C=O) groups excluding carboxylic acids is 1. The lowest BCUT2D eigenvalue weighted by molar-refractivity contribution is -0.384. The van der Waals surface area contributed by atoms with Crippen LogP contribution in [0.5, 0.6) is 5.75 Å². The van der Waals surface area contributed by atoms with Gasteiger partial charge in [0.05, 0.1) is 15.5 Å². The lowest BCUT2D eigenvalue weighted by atomic mass is 10.2. The minimum Gasteiger partial charge on any atom is -0.508 e. The Morgan fingerprint density at radius 1 is 1.19 bits per heavy atom. The number of benzene rings is 2. The SMILES string of the molecule is O=C1NC(=Nc2ccc(O)cc2)S/C1=C/C(Cl)=C/c1ccc([N+](=O)[O-])cc1. The second-order valence-corrected chi connectivity index (χ2v) is 6.84. The number of thioether (sulfide) groups is 1. The molecule has 0 saturated carbocycles. The van der Waals surface area contributed by atoms with Crippen molar-refractivity contribution in [2.75, 3.05) is 0 Å². The number of nitro groups is 1. The van der Waals surface area contributed by atoms with E-state index in [-0.39, 0.29) is 17.3 Å². The molecular formula is C18H12ClN3O4S. The van der Waals surface area contributed by atoms with Crippen LogP contribution in [-0.2, 0) is 4.79 Å². The van der Waals surface area contributed by atoms with Crippen LogP contribution in [-0.4, -0.2) is 21.1 Å². The van der Waals surface area contributed by atoms with Crippen molar-refractivity contribution in [2.24, 2.45) is 4.99 Å². The van der Waals surface area contributed by atoms with Gasteiger partial charge < -0.3 is 10.4 Å². The van der Waals surface area contributed by atoms with Gasteiger partial charge in [-0.3, -0.25) is 14.9 Å². The van der Waals surface area contributed by atoms with Gasteiger partial charge >= 0.3 is 0 Å². The van der Waals surface area contributed by atoms with Crippen molar-refractivity contribution in [3.8, 4) is 5.75 Å². The van der Waals surface area contributed by atoms with Crippen LogP contribution >= 0.6 is 23.4 Å². The number of nitrogens with zero attached hydrogens (tertiary/aromatic N) is 2. The molecule has 1 saturated heterocycles. The molecule has 0 radical (unpaired) electrons. The molecule has 0 spiro atoms. The minimum atomic E-state index is -0.481. The van der Waals surface area contributed by atoms with Crippen molar-refractivity contribution >= 4 is 51.9 Å². The van der Waals surface area contributed by atoms with Crippen LogP contribution in [0.25, 0.3) is 6.08 Å². The van der Waals surface area contributed by atoms with E-state index in [1.54, 1.807) is 30.3 Å². The van der Waals surface area contributed by atoms with E-state index in [4.69, 9.17) is 11.6 Å². The Bertz CT molecular complexity index is 983. The van der Waals surface area contributed by atoms with Gasteiger partial charge in [0.25, 0.3) is 11.6 Å². The number of allylic oxidation sites excluding steroid dienone is 2. The highest BCUT2D eigenvalue weighted by molar-refractivity contribution is 8.18. The number of amidine groups is 1. The van der Waals surface area contributed by atoms with Gasteiger partial charge in [-0.1, -0.05) is 11.6 Å². The fourth-order valence-corrected chi connectivity index (χ4v) is 3.28. The molecular weight excluding hydrogens is 390 g/mol. The normalized spacial score (nSPS) is 17.4. The summed E-state index contributed by atoms with van der Waals surface area (Å²) >= 11 is 7.31. The summed E-state index contributed by atoms with van der Waals surface area (Å²) in [7, 11) is 0. The summed E-state index contributed by atoms with van der Waals surface area (Å²) in [6.45, 7) is 0. The smallest absolute Gasteiger partial charge is 0.269 e. The Labute approximate surface area is 163 Å². The van der Waals surface area contributed by atoms with Crippen molar-refractivity contribution in [1.82, 2.24) is 5.32 Å². The van der Waals surface area contributed by atoms with Crippen LogP contribution in [0.2, 0.25) is 0 Å². The second-order valence-electron chi connectivity index (χ2n) is 5.38. The number of nitrogens with one attached hydrogen (secondary N) is 1. The zero-order valence-electron chi connectivity index (χ0n) is 13.6. The Kier molecular flexibility index (Phi) is 5.58. The first-order valence-electron chi connectivity index (χ1n) is 7.61. The van der Waals surface area contributed by atoms with Crippen LogP contribution in [0.4, 0.5) is 11.4 Å². The number of nitro benzene ring substituents is 1. The molecule has 27 heavy (non-hydrogen) atoms. The number of hydrogen-bond donors (Lipinski definition) is 2. The highest BCUT2D eigenvalue weighted by Crippen LogP contribution is 2.29. The maximum atomic E-state index is 12.1. The fourth-order valence-electron chi connectivity index (χ4n) is 2.14. The lowest BCUT2D eigenvalue weighted by Gasteiger charge is -1.96. The number of amides is 1. The predicted molar refractivity (Wildman–Crippen MR) is 106 cm³/mol. The molecule has 2 aromatic carbocycles. The Balaban J connectivity index is 1.75. The quantitative estimate of drug-likeness (QED) is 0.451. The topological polar surface area (TPSA) is 105 Å². The van der Waals surface area contributed by atoms with Crippen molar-refractivity contribution in [1.29, 1.82) is 0 Å². The molecule has 3 rings (SSSR count). The molecule has 1 aliphatic heterocycles. The number of phenolic OH excluding ortho intramolecular Hbond substituents is 1. The number of aliphatic imine (C=N–C) groups is 1. The van der Waals surface area contributed by atoms with Crippen molar-refractivity contribution in [3.63, 3.8) is 0 Å². The third-order valence-corrected chi connectivity index (χ3v) is 4.54. The van der Waals surface area contributed by atoms with Crippen LogP contribution in [0.1, 0.15) is 5.56 Å². The first kappa shape index (κ1) is 18.7. The third kappa shape index (κ3) is 4.96. The summed E-state index contributed by atoms with van der Waals surface area (Å²) in [6, 6.07) is 12.1. The highest BCUT2D eigenvalue weighted by atomic mass is 35.5. The molecule has 1 amide bonds. The third-order valence-electron chi connectivity index (χ3n) is 3.41. The first-order chi connectivity index (χ1) is 12.9. The number of phenols is 1. The maximum Gasteiger partial charge on any atom is 0.269 e. The van der Waals surface area contributed by atoms with E-state index >= 15 is 0 Å². The highest BCUT2D eigenvalue weighted by Gasteiger charge is 2.23. The molecule has 136 valence electrons. The predicted octanol–water partition coefficient (Wildman–Crippen LogP) is 4.31. The molecule has 1 aliphatic rings. The number of non-ortho nitro benzene ring substituents is 1. The molecule has 2 aromatic rings. The van der Waals surface area contributed by atoms with Gasteiger partial charge in [-0.05, 0) is 65.9 Å². The zero-order valence-corrected chi connectivity index (χ0v) is 15.2. The molecule has 0 aromatic heterocycles. The molecule has 7 nitrogen and oxygen atoms in total. The number of hydrogen-bond acceptors (Lipinski definition) is 6. The molecule has 0 unspecified atom stereocenters. The van der Waals surface area contributed by atoms with Gasteiger partial charge in [0, 0.05) is 17.2 Å². The summed E-state index contributed by atoms with van der Waals surface area (Å²) in [4.78, 5) is 26.9. The van der Waals surface area contributed by atoms with Gasteiger partial charge in [0.15, 0.2) is 5.17 Å². The molecule has 1 heterocycles. The summed E-state index contributed by atoms with van der Waals surface area (Å²) in [5.74, 6) is -0.196. The van der Waals surface area contributed by atoms with Crippen LogP contribution in [0.15, 0.2) is 69.5 Å². The largest absolute Gasteiger partial charge is 0.508 e. The Morgan fingerprint density at radius 2 is 1.85 bits per heavy atom. The summed E-state index contributed by atoms with van der Waals surface area (Å²) in [6.07, 6.45) is 3.10. The molecule has 0 bridgehead atoms. The van der Waals surface area contributed by atoms with Crippen molar-refractivity contribution < 1.29 is 14.8 Å². The standard InChI is InChI=1S/C18H12ClN3O4S/c19-12(9-11-1-5-14(6-2-11)22(25)26)10-16-17(24)21-18(27-16)20-13-3-7-15(23)8-4-13/h1-10,23H,(H,20,21,24)/b12-9-,16-10+. The van der Waals surface area contributed by atoms with Crippen LogP contribution in [0.3, 0.4) is 0 Å². The maximum absolute atomic E-state index is 12.1. The van der Waals surface area contributed by atoms with E-state index in [1.165, 1.54) is 30.3 Å². The van der Waals surface area contributed by atoms with Crippen molar-refractivity contribution in [3.05, 3.63) is 80.2 Å². The van der Waals surface area contributed by atoms with E-state index < -0.39 is 4.92 Å². The number of halogens is 1. The Morgan fingerprint density at radius 3 is 2.48 bits per heavy atom. The molecule has 9 heteroatoms. The van der Waals surface area contributed by atoms with E-state index in [0.717, 1.165) is 11.8 Å². The van der Waals surface area contributed by atoms with Gasteiger partial charge in [-0.15, -0.1) is 0 Å². The van der Waals surface area contributed by atoms with Crippen molar-refractivity contribution in [2.45, 2.75) is 0 Å². The van der Waals surface area contributed by atoms with E-state index in [1.807, 2.05) is 0 Å². The number of aromatic hydroxyl groups is 1. The zero-order chi connectivity index (χ0) is 19.4. The summed E-state index contributed by atoms with van der Waals surface area (Å²) < 4.78 is 0. The average molecular weight is 402 g/mol. The summed E-state index contributed by atoms with van der Waals surface area (Å²) in [5.41, 5.74) is 1.25. The Hall–Kier alpha value is -3.10. The second kappa shape index (κ2) is 8.07. The van der Waals surface area contributed by atoms with Crippen LogP contribution in [0, 0.1) is 10.1 Å². The average Bonchev–Trinajstić information content (AvgIpc) is 2.96. The number of carbonyl (C=O) groups is 1. The first-order valence-corrected chi connectivity index (χ1v) is 8.80. The molecule has 0 atom stereocenters. The molecule has 2 N–H and O–H groups in total. The molecule has 1 fully saturated rings. The number of rotatable bonds is 4. The van der Waals surface area contributed by atoms with Gasteiger partial charge in [-0.2, -0.15) is 0 Å². The van der Waals surface area contributed by atoms with Gasteiger partial charge in [0.2, 0.25) is 0 Å². The lowest BCUT2D eigenvalue weighted by Crippen LogP contribution is -2.19. The van der Waals surface area contributed by atoms with E-state index in [9.17, 15) is 20.0 Å². The van der Waals surface area contributed by atoms with Gasteiger partial charge in [-0.25, -0.2) is 4.99 Å².